The maximum atomic E-state index is 5.96. The summed E-state index contributed by atoms with van der Waals surface area (Å²) in [4.78, 5) is 4.57. The number of hydrogen-bond donors (Lipinski definition) is 0. The molecule has 2 heteroatoms. The topological polar surface area (TPSA) is 12.4 Å². The second-order valence-electron chi connectivity index (χ2n) is 4.04. The highest BCUT2D eigenvalue weighted by atomic mass is 35.5. The fourth-order valence-corrected chi connectivity index (χ4v) is 1.78. The van der Waals surface area contributed by atoms with Gasteiger partial charge in [0.05, 0.1) is 5.69 Å². The highest BCUT2D eigenvalue weighted by molar-refractivity contribution is 6.31. The van der Waals surface area contributed by atoms with Gasteiger partial charge in [0.15, 0.2) is 0 Å². The molecule has 0 radical (unpaired) electrons. The Morgan fingerprint density at radius 2 is 1.76 bits per heavy atom. The summed E-state index contributed by atoms with van der Waals surface area (Å²) in [6.07, 6.45) is 0. The van der Waals surface area contributed by atoms with Gasteiger partial charge in [-0.3, -0.25) is 4.99 Å². The van der Waals surface area contributed by atoms with Crippen molar-refractivity contribution in [2.24, 2.45) is 4.99 Å². The van der Waals surface area contributed by atoms with Crippen LogP contribution in [-0.2, 0) is 0 Å². The molecule has 0 spiro atoms. The van der Waals surface area contributed by atoms with Gasteiger partial charge in [0.25, 0.3) is 0 Å². The van der Waals surface area contributed by atoms with Crippen LogP contribution in [-0.4, -0.2) is 5.71 Å². The minimum Gasteiger partial charge on any atom is -0.253 e. The predicted molar refractivity (Wildman–Crippen MR) is 74.5 cm³/mol. The van der Waals surface area contributed by atoms with Crippen LogP contribution in [0, 0.1) is 6.92 Å². The van der Waals surface area contributed by atoms with Crippen LogP contribution < -0.4 is 0 Å². The van der Waals surface area contributed by atoms with Gasteiger partial charge in [-0.25, -0.2) is 0 Å². The molecule has 0 bridgehead atoms. The van der Waals surface area contributed by atoms with Crippen LogP contribution in [0.3, 0.4) is 0 Å². The number of aryl methyl sites for hydroxylation is 1. The number of halogens is 1. The van der Waals surface area contributed by atoms with Gasteiger partial charge in [-0.2, -0.15) is 0 Å². The first kappa shape index (κ1) is 11.9. The van der Waals surface area contributed by atoms with Gasteiger partial charge in [0.2, 0.25) is 0 Å². The fourth-order valence-electron chi connectivity index (χ4n) is 1.59. The smallest absolute Gasteiger partial charge is 0.0633 e. The van der Waals surface area contributed by atoms with Crippen LogP contribution in [0.15, 0.2) is 53.5 Å². The maximum absolute atomic E-state index is 5.96. The molecule has 0 aromatic heterocycles. The molecule has 1 nitrogen and oxygen atoms in total. The molecule has 0 saturated carbocycles. The van der Waals surface area contributed by atoms with Gasteiger partial charge in [0, 0.05) is 10.7 Å². The van der Waals surface area contributed by atoms with Crippen molar-refractivity contribution in [3.05, 3.63) is 64.7 Å². The molecular formula is C15H14ClN. The van der Waals surface area contributed by atoms with Crippen molar-refractivity contribution in [3.63, 3.8) is 0 Å². The summed E-state index contributed by atoms with van der Waals surface area (Å²) in [5.41, 5.74) is 4.23. The molecule has 86 valence electrons. The third-order valence-electron chi connectivity index (χ3n) is 2.57. The minimum absolute atomic E-state index is 0.737. The van der Waals surface area contributed by atoms with Crippen molar-refractivity contribution < 1.29 is 0 Å². The molecule has 0 fully saturated rings. The van der Waals surface area contributed by atoms with E-state index in [1.54, 1.807) is 0 Å². The normalized spacial score (nSPS) is 11.6. The summed E-state index contributed by atoms with van der Waals surface area (Å²) in [6.45, 7) is 4.06. The third kappa shape index (κ3) is 3.18. The van der Waals surface area contributed by atoms with E-state index in [9.17, 15) is 0 Å². The van der Waals surface area contributed by atoms with Gasteiger partial charge in [0.1, 0.15) is 0 Å². The highest BCUT2D eigenvalue weighted by Crippen LogP contribution is 2.16. The molecule has 2 aromatic rings. The summed E-state index contributed by atoms with van der Waals surface area (Å²) in [7, 11) is 0. The summed E-state index contributed by atoms with van der Waals surface area (Å²) < 4.78 is 0. The Morgan fingerprint density at radius 1 is 1.06 bits per heavy atom. The lowest BCUT2D eigenvalue weighted by atomic mass is 10.1. The van der Waals surface area contributed by atoms with Crippen LogP contribution >= 0.6 is 11.6 Å². The zero-order valence-corrected chi connectivity index (χ0v) is 10.7. The number of rotatable bonds is 2. The van der Waals surface area contributed by atoms with E-state index in [0.29, 0.717) is 0 Å². The van der Waals surface area contributed by atoms with E-state index in [1.165, 1.54) is 5.56 Å². The molecule has 0 amide bonds. The molecule has 0 N–H and O–H groups in total. The van der Waals surface area contributed by atoms with E-state index in [4.69, 9.17) is 11.6 Å². The van der Waals surface area contributed by atoms with Crippen LogP contribution in [0.5, 0.6) is 0 Å². The summed E-state index contributed by atoms with van der Waals surface area (Å²) in [5, 5.41) is 0.737. The second kappa shape index (κ2) is 5.15. The zero-order valence-electron chi connectivity index (χ0n) is 9.94. The Kier molecular flexibility index (Phi) is 3.60. The number of benzene rings is 2. The Balaban J connectivity index is 2.30. The molecule has 0 saturated heterocycles. The first-order valence-corrected chi connectivity index (χ1v) is 5.91. The van der Waals surface area contributed by atoms with Crippen molar-refractivity contribution in [2.45, 2.75) is 13.8 Å². The summed E-state index contributed by atoms with van der Waals surface area (Å²) in [6, 6.07) is 15.9. The molecule has 2 rings (SSSR count). The minimum atomic E-state index is 0.737. The molecule has 2 aromatic carbocycles. The molecule has 0 aliphatic carbocycles. The Labute approximate surface area is 107 Å². The first-order valence-electron chi connectivity index (χ1n) is 5.53. The van der Waals surface area contributed by atoms with Gasteiger partial charge >= 0.3 is 0 Å². The molecule has 0 atom stereocenters. The van der Waals surface area contributed by atoms with Crippen LogP contribution in [0.2, 0.25) is 5.02 Å². The van der Waals surface area contributed by atoms with Crippen LogP contribution in [0.25, 0.3) is 0 Å². The molecule has 0 heterocycles. The lowest BCUT2D eigenvalue weighted by Gasteiger charge is -2.02. The van der Waals surface area contributed by atoms with Gasteiger partial charge in [-0.1, -0.05) is 41.4 Å². The predicted octanol–water partition coefficient (Wildman–Crippen LogP) is 4.79. The fraction of sp³-hybridized carbons (Fsp3) is 0.133. The molecular weight excluding hydrogens is 230 g/mol. The second-order valence-corrected chi connectivity index (χ2v) is 4.48. The van der Waals surface area contributed by atoms with Crippen molar-refractivity contribution in [2.75, 3.05) is 0 Å². The van der Waals surface area contributed by atoms with Gasteiger partial charge in [-0.05, 0) is 43.7 Å². The van der Waals surface area contributed by atoms with Gasteiger partial charge < -0.3 is 0 Å². The average Bonchev–Trinajstić information content (AvgIpc) is 2.32. The number of nitrogens with zero attached hydrogens (tertiary/aromatic N) is 1. The Bertz CT molecular complexity index is 541. The lowest BCUT2D eigenvalue weighted by molar-refractivity contribution is 1.42. The highest BCUT2D eigenvalue weighted by Gasteiger charge is 1.98. The summed E-state index contributed by atoms with van der Waals surface area (Å²) in [5.74, 6) is 0. The third-order valence-corrected chi connectivity index (χ3v) is 2.81. The van der Waals surface area contributed by atoms with Crippen LogP contribution in [0.4, 0.5) is 5.69 Å². The standard InChI is InChI=1S/C15H14ClN/c1-11-6-8-15(9-7-11)17-12(2)13-4-3-5-14(16)10-13/h3-10H,1-2H3. The molecule has 0 aliphatic heterocycles. The van der Waals surface area contributed by atoms with Gasteiger partial charge in [-0.15, -0.1) is 0 Å². The van der Waals surface area contributed by atoms with E-state index >= 15 is 0 Å². The van der Waals surface area contributed by atoms with E-state index < -0.39 is 0 Å². The molecule has 0 aliphatic rings. The average molecular weight is 244 g/mol. The zero-order chi connectivity index (χ0) is 12.3. The molecule has 17 heavy (non-hydrogen) atoms. The van der Waals surface area contributed by atoms with Crippen LogP contribution in [0.1, 0.15) is 18.1 Å². The Hall–Kier alpha value is -1.60. The number of aliphatic imine (C=N–C) groups is 1. The van der Waals surface area contributed by atoms with E-state index in [-0.39, 0.29) is 0 Å². The number of hydrogen-bond acceptors (Lipinski definition) is 1. The van der Waals surface area contributed by atoms with E-state index in [0.717, 1.165) is 22.0 Å². The van der Waals surface area contributed by atoms with Crippen molar-refractivity contribution in [3.8, 4) is 0 Å². The SMILES string of the molecule is CC(=Nc1ccc(C)cc1)c1cccc(Cl)c1. The largest absolute Gasteiger partial charge is 0.253 e. The first-order chi connectivity index (χ1) is 8.15. The van der Waals surface area contributed by atoms with Crippen molar-refractivity contribution >= 4 is 23.0 Å². The molecule has 0 unspecified atom stereocenters. The van der Waals surface area contributed by atoms with Crippen molar-refractivity contribution in [1.29, 1.82) is 0 Å². The quantitative estimate of drug-likeness (QED) is 0.673. The monoisotopic (exact) mass is 243 g/mol. The lowest BCUT2D eigenvalue weighted by Crippen LogP contribution is -1.93. The van der Waals surface area contributed by atoms with Crippen molar-refractivity contribution in [1.82, 2.24) is 0 Å². The van der Waals surface area contributed by atoms with E-state index in [1.807, 2.05) is 43.3 Å². The maximum Gasteiger partial charge on any atom is 0.0633 e. The summed E-state index contributed by atoms with van der Waals surface area (Å²) >= 11 is 5.96. The van der Waals surface area contributed by atoms with E-state index in [2.05, 4.69) is 24.0 Å². The Morgan fingerprint density at radius 3 is 2.41 bits per heavy atom.